The summed E-state index contributed by atoms with van der Waals surface area (Å²) in [6, 6.07) is 9.05. The Morgan fingerprint density at radius 1 is 1.28 bits per heavy atom. The molecule has 3 rings (SSSR count). The van der Waals surface area contributed by atoms with Gasteiger partial charge in [0.1, 0.15) is 0 Å². The quantitative estimate of drug-likeness (QED) is 0.847. The zero-order valence-electron chi connectivity index (χ0n) is 10.2. The highest BCUT2D eigenvalue weighted by molar-refractivity contribution is 5.78. The van der Waals surface area contributed by atoms with Crippen molar-refractivity contribution in [3.8, 4) is 6.07 Å². The van der Waals surface area contributed by atoms with E-state index in [9.17, 15) is 0 Å². The Morgan fingerprint density at radius 2 is 2.11 bits per heavy atom. The highest BCUT2D eigenvalue weighted by atomic mass is 14.9. The van der Waals surface area contributed by atoms with Crippen LogP contribution in [0.1, 0.15) is 25.7 Å². The molecule has 4 nitrogen and oxygen atoms in total. The first-order valence-electron chi connectivity index (χ1n) is 6.44. The summed E-state index contributed by atoms with van der Waals surface area (Å²) in [6.45, 7) is 0. The fourth-order valence-electron chi connectivity index (χ4n) is 2.63. The second kappa shape index (κ2) is 4.69. The Morgan fingerprint density at radius 3 is 2.89 bits per heavy atom. The largest absolute Gasteiger partial charge is 0.382 e. The van der Waals surface area contributed by atoms with Crippen LogP contribution in [0, 0.1) is 17.2 Å². The number of nitriles is 1. The molecule has 2 N–H and O–H groups in total. The molecule has 0 saturated heterocycles. The van der Waals surface area contributed by atoms with Gasteiger partial charge in [-0.05, 0) is 43.9 Å². The molecular weight excluding hydrogens is 224 g/mol. The average Bonchev–Trinajstić information content (AvgIpc) is 2.87. The van der Waals surface area contributed by atoms with Crippen molar-refractivity contribution >= 4 is 16.7 Å². The smallest absolute Gasteiger partial charge is 0.0931 e. The molecule has 92 valence electrons. The van der Waals surface area contributed by atoms with E-state index in [0.717, 1.165) is 42.4 Å². The van der Waals surface area contributed by atoms with Crippen LogP contribution in [0.5, 0.6) is 0 Å². The van der Waals surface area contributed by atoms with Gasteiger partial charge in [-0.2, -0.15) is 5.26 Å². The summed E-state index contributed by atoms with van der Waals surface area (Å²) in [5, 5.41) is 12.4. The number of aromatic nitrogens is 2. The molecule has 1 fully saturated rings. The maximum atomic E-state index is 8.88. The molecule has 0 atom stereocenters. The van der Waals surface area contributed by atoms with Crippen LogP contribution in [0.2, 0.25) is 0 Å². The molecule has 0 aliphatic heterocycles. The van der Waals surface area contributed by atoms with E-state index in [0.29, 0.717) is 6.04 Å². The second-order valence-corrected chi connectivity index (χ2v) is 4.96. The van der Waals surface area contributed by atoms with Gasteiger partial charge in [-0.25, -0.2) is 4.98 Å². The normalized spacial score (nSPS) is 23.7. The molecule has 0 spiro atoms. The van der Waals surface area contributed by atoms with E-state index in [2.05, 4.69) is 33.5 Å². The monoisotopic (exact) mass is 240 g/mol. The fraction of sp³-hybridized carbons (Fsp3) is 0.429. The topological polar surface area (TPSA) is 64.5 Å². The third-order valence-corrected chi connectivity index (χ3v) is 3.70. The van der Waals surface area contributed by atoms with Crippen molar-refractivity contribution in [2.24, 2.45) is 5.92 Å². The van der Waals surface area contributed by atoms with Gasteiger partial charge >= 0.3 is 0 Å². The Hall–Kier alpha value is -2.02. The van der Waals surface area contributed by atoms with Crippen molar-refractivity contribution < 1.29 is 0 Å². The van der Waals surface area contributed by atoms with Crippen LogP contribution in [0.25, 0.3) is 11.0 Å². The maximum Gasteiger partial charge on any atom is 0.0931 e. The molecule has 4 heteroatoms. The van der Waals surface area contributed by atoms with Gasteiger partial charge < -0.3 is 10.3 Å². The lowest BCUT2D eigenvalue weighted by atomic mass is 9.87. The number of H-pyrrole nitrogens is 1. The van der Waals surface area contributed by atoms with E-state index < -0.39 is 0 Å². The zero-order valence-corrected chi connectivity index (χ0v) is 10.2. The number of nitrogens with zero attached hydrogens (tertiary/aromatic N) is 2. The van der Waals surface area contributed by atoms with Crippen molar-refractivity contribution in [1.29, 1.82) is 5.26 Å². The summed E-state index contributed by atoms with van der Waals surface area (Å²) in [5.41, 5.74) is 3.19. The number of nitrogens with one attached hydrogen (secondary N) is 2. The van der Waals surface area contributed by atoms with E-state index >= 15 is 0 Å². The van der Waals surface area contributed by atoms with E-state index in [4.69, 9.17) is 5.26 Å². The molecule has 0 unspecified atom stereocenters. The Kier molecular flexibility index (Phi) is 2.89. The molecule has 1 aromatic carbocycles. The van der Waals surface area contributed by atoms with Gasteiger partial charge in [-0.1, -0.05) is 0 Å². The van der Waals surface area contributed by atoms with E-state index in [-0.39, 0.29) is 5.92 Å². The lowest BCUT2D eigenvalue weighted by Gasteiger charge is -2.26. The molecule has 0 amide bonds. The first kappa shape index (κ1) is 11.1. The van der Waals surface area contributed by atoms with Crippen LogP contribution < -0.4 is 5.32 Å². The minimum Gasteiger partial charge on any atom is -0.382 e. The standard InChI is InChI=1S/C14H16N4/c15-8-10-1-3-11(4-2-10)18-12-5-6-13-14(7-12)17-9-16-13/h5-7,9-11,18H,1-4H2,(H,16,17). The molecule has 18 heavy (non-hydrogen) atoms. The van der Waals surface area contributed by atoms with Crippen molar-refractivity contribution in [3.05, 3.63) is 24.5 Å². The van der Waals surface area contributed by atoms with Crippen LogP contribution in [-0.4, -0.2) is 16.0 Å². The predicted molar refractivity (Wildman–Crippen MR) is 71.1 cm³/mol. The van der Waals surface area contributed by atoms with Crippen LogP contribution in [0.3, 0.4) is 0 Å². The summed E-state index contributed by atoms with van der Waals surface area (Å²) < 4.78 is 0. The summed E-state index contributed by atoms with van der Waals surface area (Å²) >= 11 is 0. The maximum absolute atomic E-state index is 8.88. The summed E-state index contributed by atoms with van der Waals surface area (Å²) in [7, 11) is 0. The van der Waals surface area contributed by atoms with Crippen LogP contribution in [0.15, 0.2) is 24.5 Å². The van der Waals surface area contributed by atoms with Crippen molar-refractivity contribution in [3.63, 3.8) is 0 Å². The Balaban J connectivity index is 1.67. The highest BCUT2D eigenvalue weighted by Gasteiger charge is 2.20. The molecule has 1 aromatic heterocycles. The SMILES string of the molecule is N#CC1CCC(Nc2ccc3nc[nH]c3c2)CC1. The van der Waals surface area contributed by atoms with Gasteiger partial charge in [0.15, 0.2) is 0 Å². The number of anilines is 1. The number of imidazole rings is 1. The highest BCUT2D eigenvalue weighted by Crippen LogP contribution is 2.26. The van der Waals surface area contributed by atoms with Crippen molar-refractivity contribution in [1.82, 2.24) is 9.97 Å². The van der Waals surface area contributed by atoms with Crippen LogP contribution in [-0.2, 0) is 0 Å². The first-order valence-corrected chi connectivity index (χ1v) is 6.44. The number of rotatable bonds is 2. The number of hydrogen-bond donors (Lipinski definition) is 2. The Labute approximate surface area is 106 Å². The molecule has 1 saturated carbocycles. The third kappa shape index (κ3) is 2.17. The fourth-order valence-corrected chi connectivity index (χ4v) is 2.63. The van der Waals surface area contributed by atoms with Gasteiger partial charge in [0.25, 0.3) is 0 Å². The molecule has 1 heterocycles. The van der Waals surface area contributed by atoms with Gasteiger partial charge in [0.2, 0.25) is 0 Å². The lowest BCUT2D eigenvalue weighted by molar-refractivity contribution is 0.397. The number of benzene rings is 1. The number of hydrogen-bond acceptors (Lipinski definition) is 3. The van der Waals surface area contributed by atoms with Crippen LogP contribution in [0.4, 0.5) is 5.69 Å². The molecule has 0 radical (unpaired) electrons. The van der Waals surface area contributed by atoms with Crippen molar-refractivity contribution in [2.75, 3.05) is 5.32 Å². The van der Waals surface area contributed by atoms with Gasteiger partial charge in [0.05, 0.1) is 23.4 Å². The van der Waals surface area contributed by atoms with E-state index in [1.807, 2.05) is 6.07 Å². The zero-order chi connectivity index (χ0) is 12.4. The van der Waals surface area contributed by atoms with E-state index in [1.165, 1.54) is 0 Å². The van der Waals surface area contributed by atoms with Crippen molar-refractivity contribution in [2.45, 2.75) is 31.7 Å². The summed E-state index contributed by atoms with van der Waals surface area (Å²) in [4.78, 5) is 7.33. The van der Waals surface area contributed by atoms with Gasteiger partial charge in [-0.15, -0.1) is 0 Å². The number of aromatic amines is 1. The minimum absolute atomic E-state index is 0.262. The second-order valence-electron chi connectivity index (χ2n) is 4.96. The summed E-state index contributed by atoms with van der Waals surface area (Å²) in [5.74, 6) is 0.262. The predicted octanol–water partition coefficient (Wildman–Crippen LogP) is 3.06. The van der Waals surface area contributed by atoms with Gasteiger partial charge in [0, 0.05) is 17.6 Å². The van der Waals surface area contributed by atoms with Crippen LogP contribution >= 0.6 is 0 Å². The first-order chi connectivity index (χ1) is 8.85. The molecule has 2 aromatic rings. The molecular formula is C14H16N4. The molecule has 1 aliphatic rings. The summed E-state index contributed by atoms with van der Waals surface area (Å²) in [6.07, 6.45) is 5.91. The Bertz CT molecular complexity index is 573. The lowest BCUT2D eigenvalue weighted by Crippen LogP contribution is -2.25. The number of fused-ring (bicyclic) bond motifs is 1. The molecule has 0 bridgehead atoms. The average molecular weight is 240 g/mol. The van der Waals surface area contributed by atoms with E-state index in [1.54, 1.807) is 6.33 Å². The van der Waals surface area contributed by atoms with Gasteiger partial charge in [-0.3, -0.25) is 0 Å². The minimum atomic E-state index is 0.262. The molecule has 1 aliphatic carbocycles. The third-order valence-electron chi connectivity index (χ3n) is 3.70.